The van der Waals surface area contributed by atoms with Gasteiger partial charge in [-0.05, 0) is 23.5 Å². The highest BCUT2D eigenvalue weighted by Crippen LogP contribution is 2.33. The molecule has 1 aliphatic rings. The van der Waals surface area contributed by atoms with E-state index in [1.165, 1.54) is 6.07 Å². The molecular weight excluding hydrogens is 350 g/mol. The number of benzene rings is 1. The van der Waals surface area contributed by atoms with Gasteiger partial charge in [0.1, 0.15) is 5.57 Å². The molecule has 1 aromatic carbocycles. The monoisotopic (exact) mass is 354 g/mol. The number of halogens is 1. The molecule has 1 aliphatic heterocycles. The molecule has 21 heavy (non-hydrogen) atoms. The van der Waals surface area contributed by atoms with Crippen molar-refractivity contribution in [2.24, 2.45) is 0 Å². The second kappa shape index (κ2) is 5.32. The van der Waals surface area contributed by atoms with E-state index in [0.717, 1.165) is 12.1 Å². The van der Waals surface area contributed by atoms with E-state index in [0.29, 0.717) is 0 Å². The molecule has 0 saturated carbocycles. The summed E-state index contributed by atoms with van der Waals surface area (Å²) in [5.41, 5.74) is -1.03. The van der Waals surface area contributed by atoms with E-state index in [2.05, 4.69) is 15.9 Å². The summed E-state index contributed by atoms with van der Waals surface area (Å²) in [4.78, 5) is 43.8. The van der Waals surface area contributed by atoms with Crippen molar-refractivity contribution in [1.29, 1.82) is 0 Å². The van der Waals surface area contributed by atoms with E-state index in [1.54, 1.807) is 0 Å². The Morgan fingerprint density at radius 3 is 2.24 bits per heavy atom. The minimum atomic E-state index is -0.954. The van der Waals surface area contributed by atoms with Crippen molar-refractivity contribution in [2.75, 3.05) is 0 Å². The molecule has 1 saturated heterocycles. The number of hydrogen-bond donors (Lipinski definition) is 2. The van der Waals surface area contributed by atoms with Crippen LogP contribution in [-0.4, -0.2) is 22.8 Å². The molecule has 2 N–H and O–H groups in total. The zero-order valence-corrected chi connectivity index (χ0v) is 11.6. The van der Waals surface area contributed by atoms with Crippen LogP contribution in [0, 0.1) is 10.1 Å². The van der Waals surface area contributed by atoms with Gasteiger partial charge in [0.25, 0.3) is 17.5 Å². The molecule has 108 valence electrons. The Balaban J connectivity index is 2.50. The van der Waals surface area contributed by atoms with E-state index in [4.69, 9.17) is 0 Å². The van der Waals surface area contributed by atoms with Crippen LogP contribution in [0.25, 0.3) is 6.08 Å². The van der Waals surface area contributed by atoms with Crippen molar-refractivity contribution in [3.8, 4) is 5.75 Å². The maximum Gasteiger partial charge on any atom is 0.328 e. The zero-order chi connectivity index (χ0) is 15.7. The van der Waals surface area contributed by atoms with Crippen LogP contribution in [-0.2, 0) is 9.59 Å². The van der Waals surface area contributed by atoms with Crippen LogP contribution in [0.2, 0.25) is 0 Å². The van der Waals surface area contributed by atoms with Crippen molar-refractivity contribution < 1.29 is 24.4 Å². The number of nitro benzene ring substituents is 1. The lowest BCUT2D eigenvalue weighted by Gasteiger charge is -2.14. The van der Waals surface area contributed by atoms with Gasteiger partial charge < -0.3 is 5.11 Å². The number of urea groups is 1. The number of imide groups is 2. The number of carbonyl (C=O) groups excluding carboxylic acids is 3. The van der Waals surface area contributed by atoms with Gasteiger partial charge in [0, 0.05) is 10.5 Å². The molecule has 0 atom stereocenters. The Bertz CT molecular complexity index is 705. The van der Waals surface area contributed by atoms with Crippen molar-refractivity contribution in [1.82, 2.24) is 10.6 Å². The summed E-state index contributed by atoms with van der Waals surface area (Å²) in [6.45, 7) is 0. The Kier molecular flexibility index (Phi) is 3.72. The lowest BCUT2D eigenvalue weighted by Crippen LogP contribution is -2.51. The van der Waals surface area contributed by atoms with Crippen molar-refractivity contribution in [2.45, 2.75) is 0 Å². The lowest BCUT2D eigenvalue weighted by atomic mass is 10.1. The first-order valence-corrected chi connectivity index (χ1v) is 6.12. The zero-order valence-electron chi connectivity index (χ0n) is 10.0. The predicted octanol–water partition coefficient (Wildman–Crippen LogP) is 0.180. The average molecular weight is 355 g/mol. The number of rotatable bonds is 2. The van der Waals surface area contributed by atoms with Crippen LogP contribution in [0.3, 0.4) is 0 Å². The normalized spacial score (nSPS) is 14.5. The molecular formula is C11H5BrN3O6-. The van der Waals surface area contributed by atoms with Gasteiger partial charge in [0.15, 0.2) is 0 Å². The lowest BCUT2D eigenvalue weighted by molar-refractivity contribution is -0.398. The Morgan fingerprint density at radius 1 is 1.14 bits per heavy atom. The largest absolute Gasteiger partial charge is 0.867 e. The van der Waals surface area contributed by atoms with E-state index in [9.17, 15) is 29.6 Å². The number of nitro groups is 1. The van der Waals surface area contributed by atoms with Gasteiger partial charge in [0.05, 0.1) is 4.92 Å². The third-order valence-corrected chi connectivity index (χ3v) is 3.09. The molecule has 1 aromatic rings. The molecule has 10 heteroatoms. The smallest absolute Gasteiger partial charge is 0.328 e. The highest BCUT2D eigenvalue weighted by atomic mass is 79.9. The summed E-state index contributed by atoms with van der Waals surface area (Å²) >= 11 is 2.87. The number of amides is 4. The fourth-order valence-electron chi connectivity index (χ4n) is 1.59. The van der Waals surface area contributed by atoms with Gasteiger partial charge in [-0.2, -0.15) is 0 Å². The maximum atomic E-state index is 11.5. The number of hydrogen-bond acceptors (Lipinski definition) is 6. The van der Waals surface area contributed by atoms with Gasteiger partial charge >= 0.3 is 6.03 Å². The standard InChI is InChI=1S/C11H6BrN3O6/c12-6-2-4(3-7(8(6)16)15(20)21)1-5-9(17)13-11(19)14-10(5)18/h1-3,16H,(H2,13,14,17,18,19)/p-1. The minimum Gasteiger partial charge on any atom is -0.867 e. The predicted molar refractivity (Wildman–Crippen MR) is 69.9 cm³/mol. The van der Waals surface area contributed by atoms with Crippen LogP contribution in [0.15, 0.2) is 22.2 Å². The first kappa shape index (κ1) is 14.7. The summed E-state index contributed by atoms with van der Waals surface area (Å²) in [6, 6.07) is 1.19. The van der Waals surface area contributed by atoms with E-state index in [1.807, 2.05) is 10.6 Å². The molecule has 0 aliphatic carbocycles. The summed E-state index contributed by atoms with van der Waals surface area (Å²) in [5.74, 6) is -2.70. The Labute approximate surface area is 124 Å². The second-order valence-corrected chi connectivity index (χ2v) is 4.76. The quantitative estimate of drug-likeness (QED) is 0.335. The summed E-state index contributed by atoms with van der Waals surface area (Å²) in [5, 5.41) is 26.0. The molecule has 1 fully saturated rings. The van der Waals surface area contributed by atoms with Crippen LogP contribution >= 0.6 is 15.9 Å². The van der Waals surface area contributed by atoms with Gasteiger partial charge in [-0.25, -0.2) is 4.79 Å². The Hall–Kier alpha value is -2.75. The van der Waals surface area contributed by atoms with Crippen LogP contribution in [0.1, 0.15) is 5.56 Å². The third-order valence-electron chi connectivity index (χ3n) is 2.50. The Morgan fingerprint density at radius 2 is 1.71 bits per heavy atom. The maximum absolute atomic E-state index is 11.5. The first-order chi connectivity index (χ1) is 9.79. The van der Waals surface area contributed by atoms with Gasteiger partial charge in [0.2, 0.25) is 0 Å². The van der Waals surface area contributed by atoms with Crippen molar-refractivity contribution in [3.05, 3.63) is 37.9 Å². The topological polar surface area (TPSA) is 141 Å². The number of nitrogens with one attached hydrogen (secondary N) is 2. The van der Waals surface area contributed by atoms with E-state index in [-0.39, 0.29) is 10.0 Å². The second-order valence-electron chi connectivity index (χ2n) is 3.90. The fraction of sp³-hybridized carbons (Fsp3) is 0. The van der Waals surface area contributed by atoms with Gasteiger partial charge in [-0.3, -0.25) is 30.3 Å². The van der Waals surface area contributed by atoms with E-state index >= 15 is 0 Å². The average Bonchev–Trinajstić information content (AvgIpc) is 2.37. The number of nitrogens with zero attached hydrogens (tertiary/aromatic N) is 1. The van der Waals surface area contributed by atoms with Crippen molar-refractivity contribution >= 4 is 45.5 Å². The molecule has 0 bridgehead atoms. The highest BCUT2D eigenvalue weighted by Gasteiger charge is 2.27. The molecule has 1 heterocycles. The van der Waals surface area contributed by atoms with Crippen LogP contribution < -0.4 is 15.7 Å². The SMILES string of the molecule is O=C1NC(=O)C(=Cc2cc(Br)c([O-])c([N+](=O)[O-])c2)C(=O)N1. The number of carbonyl (C=O) groups is 3. The molecule has 4 amide bonds. The molecule has 0 spiro atoms. The van der Waals surface area contributed by atoms with Crippen LogP contribution in [0.5, 0.6) is 5.75 Å². The molecule has 9 nitrogen and oxygen atoms in total. The first-order valence-electron chi connectivity index (χ1n) is 5.33. The summed E-state index contributed by atoms with van der Waals surface area (Å²) in [7, 11) is 0. The number of barbiturate groups is 1. The fourth-order valence-corrected chi connectivity index (χ4v) is 2.06. The minimum absolute atomic E-state index is 0.0859. The molecule has 2 rings (SSSR count). The molecule has 0 aromatic heterocycles. The van der Waals surface area contributed by atoms with Crippen LogP contribution in [0.4, 0.5) is 10.5 Å². The van der Waals surface area contributed by atoms with Gasteiger partial charge in [-0.1, -0.05) is 15.9 Å². The molecule has 0 radical (unpaired) electrons. The van der Waals surface area contributed by atoms with Crippen molar-refractivity contribution in [3.63, 3.8) is 0 Å². The summed E-state index contributed by atoms with van der Waals surface area (Å²) in [6.07, 6.45) is 1.04. The summed E-state index contributed by atoms with van der Waals surface area (Å²) < 4.78 is -0.0868. The highest BCUT2D eigenvalue weighted by molar-refractivity contribution is 9.10. The third kappa shape index (κ3) is 2.89. The van der Waals surface area contributed by atoms with Gasteiger partial charge in [-0.15, -0.1) is 0 Å². The van der Waals surface area contributed by atoms with E-state index < -0.39 is 39.8 Å². The molecule has 0 unspecified atom stereocenters.